The zero-order valence-electron chi connectivity index (χ0n) is 16.0. The van der Waals surface area contributed by atoms with Crippen LogP contribution in [0.25, 0.3) is 0 Å². The number of anilines is 1. The van der Waals surface area contributed by atoms with Crippen molar-refractivity contribution >= 4 is 27.5 Å². The summed E-state index contributed by atoms with van der Waals surface area (Å²) in [6.07, 6.45) is 5.38. The average molecular weight is 440 g/mol. The quantitative estimate of drug-likeness (QED) is 0.759. The van der Waals surface area contributed by atoms with E-state index < -0.39 is 5.54 Å². The van der Waals surface area contributed by atoms with Crippen molar-refractivity contribution in [2.24, 2.45) is 0 Å². The van der Waals surface area contributed by atoms with Crippen molar-refractivity contribution in [1.82, 2.24) is 10.2 Å². The molecule has 0 radical (unpaired) electrons. The molecule has 1 unspecified atom stereocenters. The summed E-state index contributed by atoms with van der Waals surface area (Å²) in [4.78, 5) is 17.8. The second-order valence-electron chi connectivity index (χ2n) is 8.22. The van der Waals surface area contributed by atoms with Gasteiger partial charge in [0.1, 0.15) is 5.54 Å². The summed E-state index contributed by atoms with van der Waals surface area (Å²) in [5.74, 6) is 0.196. The Morgan fingerprint density at radius 3 is 2.61 bits per heavy atom. The van der Waals surface area contributed by atoms with Gasteiger partial charge in [0.15, 0.2) is 0 Å². The summed E-state index contributed by atoms with van der Waals surface area (Å²) in [5.41, 5.74) is 3.69. The number of nitrogens with one attached hydrogen (secondary N) is 1. The molecular formula is C23H26BrN3O. The third kappa shape index (κ3) is 2.87. The van der Waals surface area contributed by atoms with Crippen LogP contribution < -0.4 is 10.2 Å². The third-order valence-electron chi connectivity index (χ3n) is 6.87. The standard InChI is InChI=1S/C23H26BrN3O/c24-19-10-4-6-17-7-5-11-20(21(17)19)26-14-12-23(13-15-26)22(28)25-16-27(23)18-8-2-1-3-9-18/h1-4,6,8-10,20H,5,7,11-16H2,(H,25,28). The minimum atomic E-state index is -0.400. The summed E-state index contributed by atoms with van der Waals surface area (Å²) >= 11 is 3.80. The average Bonchev–Trinajstić information content (AvgIpc) is 3.05. The van der Waals surface area contributed by atoms with Gasteiger partial charge in [-0.25, -0.2) is 0 Å². The van der Waals surface area contributed by atoms with Crippen LogP contribution in [0, 0.1) is 0 Å². The molecule has 0 bridgehead atoms. The van der Waals surface area contributed by atoms with Gasteiger partial charge in [0.2, 0.25) is 5.91 Å². The highest BCUT2D eigenvalue weighted by Crippen LogP contribution is 2.43. The molecule has 1 atom stereocenters. The van der Waals surface area contributed by atoms with Gasteiger partial charge in [-0.1, -0.05) is 46.3 Å². The Bertz CT molecular complexity index is 877. The second kappa shape index (κ2) is 7.20. The van der Waals surface area contributed by atoms with Crippen molar-refractivity contribution < 1.29 is 4.79 Å². The lowest BCUT2D eigenvalue weighted by atomic mass is 9.82. The van der Waals surface area contributed by atoms with Crippen molar-refractivity contribution in [3.63, 3.8) is 0 Å². The molecule has 0 saturated carbocycles. The maximum atomic E-state index is 12.9. The molecule has 146 valence electrons. The van der Waals surface area contributed by atoms with Gasteiger partial charge >= 0.3 is 0 Å². The minimum Gasteiger partial charge on any atom is -0.339 e. The minimum absolute atomic E-state index is 0.196. The van der Waals surface area contributed by atoms with E-state index in [0.29, 0.717) is 12.7 Å². The first-order valence-electron chi connectivity index (χ1n) is 10.3. The summed E-state index contributed by atoms with van der Waals surface area (Å²) in [6, 6.07) is 17.4. The molecule has 5 heteroatoms. The first-order chi connectivity index (χ1) is 13.7. The van der Waals surface area contributed by atoms with Crippen molar-refractivity contribution in [2.75, 3.05) is 24.7 Å². The number of hydrogen-bond donors (Lipinski definition) is 1. The van der Waals surface area contributed by atoms with E-state index in [-0.39, 0.29) is 5.91 Å². The number of carbonyl (C=O) groups excluding carboxylic acids is 1. The maximum absolute atomic E-state index is 12.9. The normalized spacial score (nSPS) is 24.2. The predicted octanol–water partition coefficient (Wildman–Crippen LogP) is 4.26. The number of fused-ring (bicyclic) bond motifs is 1. The highest BCUT2D eigenvalue weighted by molar-refractivity contribution is 9.10. The molecule has 28 heavy (non-hydrogen) atoms. The first-order valence-corrected chi connectivity index (χ1v) is 11.1. The summed E-state index contributed by atoms with van der Waals surface area (Å²) in [7, 11) is 0. The number of amides is 1. The van der Waals surface area contributed by atoms with Crippen LogP contribution in [0.1, 0.15) is 42.9 Å². The number of hydrogen-bond acceptors (Lipinski definition) is 3. The van der Waals surface area contributed by atoms with Gasteiger partial charge in [0.25, 0.3) is 0 Å². The van der Waals surface area contributed by atoms with E-state index in [0.717, 1.165) is 31.6 Å². The Kier molecular flexibility index (Phi) is 4.68. The van der Waals surface area contributed by atoms with E-state index in [2.05, 4.69) is 73.5 Å². The number of halogens is 1. The molecule has 4 nitrogen and oxygen atoms in total. The molecular weight excluding hydrogens is 414 g/mol. The highest BCUT2D eigenvalue weighted by Gasteiger charge is 2.51. The van der Waals surface area contributed by atoms with Crippen LogP contribution in [0.3, 0.4) is 0 Å². The number of para-hydroxylation sites is 1. The van der Waals surface area contributed by atoms with Crippen molar-refractivity contribution in [3.05, 3.63) is 64.1 Å². The van der Waals surface area contributed by atoms with E-state index in [9.17, 15) is 4.79 Å². The van der Waals surface area contributed by atoms with E-state index in [1.165, 1.54) is 34.9 Å². The number of carbonyl (C=O) groups is 1. The molecule has 5 rings (SSSR count). The fourth-order valence-electron chi connectivity index (χ4n) is 5.41. The number of rotatable bonds is 2. The third-order valence-corrected chi connectivity index (χ3v) is 7.56. The molecule has 1 amide bonds. The Hall–Kier alpha value is -1.85. The van der Waals surface area contributed by atoms with Crippen LogP contribution in [-0.2, 0) is 11.2 Å². The zero-order chi connectivity index (χ0) is 19.1. The van der Waals surface area contributed by atoms with E-state index in [4.69, 9.17) is 0 Å². The summed E-state index contributed by atoms with van der Waals surface area (Å²) in [5, 5.41) is 3.11. The smallest absolute Gasteiger partial charge is 0.247 e. The van der Waals surface area contributed by atoms with E-state index in [1.807, 2.05) is 6.07 Å². The van der Waals surface area contributed by atoms with Crippen LogP contribution >= 0.6 is 15.9 Å². The Morgan fingerprint density at radius 2 is 1.82 bits per heavy atom. The topological polar surface area (TPSA) is 35.6 Å². The molecule has 1 aliphatic carbocycles. The van der Waals surface area contributed by atoms with Crippen LogP contribution in [0.2, 0.25) is 0 Å². The van der Waals surface area contributed by atoms with Crippen LogP contribution in [0.4, 0.5) is 5.69 Å². The molecule has 2 saturated heterocycles. The molecule has 2 fully saturated rings. The number of piperidine rings is 1. The Balaban J connectivity index is 1.39. The largest absolute Gasteiger partial charge is 0.339 e. The lowest BCUT2D eigenvalue weighted by Gasteiger charge is -2.46. The monoisotopic (exact) mass is 439 g/mol. The Morgan fingerprint density at radius 1 is 1.04 bits per heavy atom. The van der Waals surface area contributed by atoms with E-state index in [1.54, 1.807) is 0 Å². The van der Waals surface area contributed by atoms with Gasteiger partial charge in [0, 0.05) is 29.3 Å². The highest BCUT2D eigenvalue weighted by atomic mass is 79.9. The molecule has 2 aromatic rings. The fourth-order valence-corrected chi connectivity index (χ4v) is 6.08. The molecule has 2 aromatic carbocycles. The molecule has 1 spiro atoms. The molecule has 3 aliphatic rings. The second-order valence-corrected chi connectivity index (χ2v) is 9.07. The SMILES string of the molecule is O=C1NCN(c2ccccc2)C12CCN(C1CCCc3cccc(Br)c31)CC2. The van der Waals surface area contributed by atoms with Gasteiger partial charge < -0.3 is 10.2 Å². The van der Waals surface area contributed by atoms with Gasteiger partial charge in [-0.15, -0.1) is 0 Å². The fraction of sp³-hybridized carbons (Fsp3) is 0.435. The summed E-state index contributed by atoms with van der Waals surface area (Å²) < 4.78 is 1.24. The van der Waals surface area contributed by atoms with Crippen LogP contribution in [0.5, 0.6) is 0 Å². The molecule has 1 N–H and O–H groups in total. The summed E-state index contributed by atoms with van der Waals surface area (Å²) in [6.45, 7) is 2.53. The van der Waals surface area contributed by atoms with Gasteiger partial charge in [-0.2, -0.15) is 0 Å². The lowest BCUT2D eigenvalue weighted by Crippen LogP contribution is -2.57. The van der Waals surface area contributed by atoms with Crippen LogP contribution in [0.15, 0.2) is 53.0 Å². The maximum Gasteiger partial charge on any atom is 0.247 e. The number of benzene rings is 2. The van der Waals surface area contributed by atoms with Crippen molar-refractivity contribution in [1.29, 1.82) is 0 Å². The zero-order valence-corrected chi connectivity index (χ0v) is 17.6. The number of aryl methyl sites for hydroxylation is 1. The van der Waals surface area contributed by atoms with Crippen molar-refractivity contribution in [3.8, 4) is 0 Å². The predicted molar refractivity (Wildman–Crippen MR) is 115 cm³/mol. The van der Waals surface area contributed by atoms with E-state index >= 15 is 0 Å². The van der Waals surface area contributed by atoms with Crippen LogP contribution in [-0.4, -0.2) is 36.1 Å². The molecule has 2 heterocycles. The number of likely N-dealkylation sites (tertiary alicyclic amines) is 1. The van der Waals surface area contributed by atoms with Gasteiger partial charge in [0.05, 0.1) is 6.67 Å². The Labute approximate surface area is 175 Å². The van der Waals surface area contributed by atoms with Gasteiger partial charge in [-0.3, -0.25) is 9.69 Å². The molecule has 0 aromatic heterocycles. The first kappa shape index (κ1) is 18.2. The van der Waals surface area contributed by atoms with Crippen molar-refractivity contribution in [2.45, 2.75) is 43.7 Å². The number of nitrogens with zero attached hydrogens (tertiary/aromatic N) is 2. The molecule has 2 aliphatic heterocycles. The lowest BCUT2D eigenvalue weighted by molar-refractivity contribution is -0.125. The van der Waals surface area contributed by atoms with Gasteiger partial charge in [-0.05, 0) is 61.4 Å².